The van der Waals surface area contributed by atoms with Gasteiger partial charge in [0.25, 0.3) is 5.56 Å². The minimum absolute atomic E-state index is 0.157. The molecular formula is C16H11NO4. The Kier molecular flexibility index (Phi) is 3.16. The van der Waals surface area contributed by atoms with Crippen LogP contribution in [0.4, 0.5) is 0 Å². The molecule has 5 heteroatoms. The average Bonchev–Trinajstić information content (AvgIpc) is 2.47. The number of rotatable bonds is 3. The summed E-state index contributed by atoms with van der Waals surface area (Å²) in [6, 6.07) is 13.1. The number of aromatic nitrogens is 1. The monoisotopic (exact) mass is 281 g/mol. The second-order valence-electron chi connectivity index (χ2n) is 4.49. The molecule has 0 amide bonds. The highest BCUT2D eigenvalue weighted by Crippen LogP contribution is 2.25. The fourth-order valence-electron chi connectivity index (χ4n) is 2.06. The number of aromatic carboxylic acids is 1. The summed E-state index contributed by atoms with van der Waals surface area (Å²) >= 11 is 0. The van der Waals surface area contributed by atoms with Crippen LogP contribution in [0.5, 0.6) is 11.5 Å². The quantitative estimate of drug-likeness (QED) is 0.773. The molecule has 5 nitrogen and oxygen atoms in total. The van der Waals surface area contributed by atoms with E-state index < -0.39 is 5.97 Å². The van der Waals surface area contributed by atoms with Gasteiger partial charge < -0.3 is 14.8 Å². The summed E-state index contributed by atoms with van der Waals surface area (Å²) < 4.78 is 5.64. The maximum atomic E-state index is 11.6. The van der Waals surface area contributed by atoms with Gasteiger partial charge in [-0.25, -0.2) is 4.79 Å². The number of hydrogen-bond donors (Lipinski definition) is 2. The number of carboxylic acid groups (broad SMARTS) is 1. The fourth-order valence-corrected chi connectivity index (χ4v) is 2.06. The first-order valence-corrected chi connectivity index (χ1v) is 6.26. The average molecular weight is 281 g/mol. The molecule has 21 heavy (non-hydrogen) atoms. The molecule has 0 radical (unpaired) electrons. The molecular weight excluding hydrogens is 270 g/mol. The van der Waals surface area contributed by atoms with Crippen LogP contribution in [0.3, 0.4) is 0 Å². The molecule has 0 unspecified atom stereocenters. The Morgan fingerprint density at radius 2 is 1.86 bits per heavy atom. The van der Waals surface area contributed by atoms with Gasteiger partial charge in [-0.2, -0.15) is 0 Å². The first kappa shape index (κ1) is 12.9. The fraction of sp³-hybridized carbons (Fsp3) is 0. The second kappa shape index (κ2) is 5.13. The lowest BCUT2D eigenvalue weighted by Gasteiger charge is -2.07. The Bertz CT molecular complexity index is 883. The first-order valence-electron chi connectivity index (χ1n) is 6.26. The van der Waals surface area contributed by atoms with Crippen LogP contribution < -0.4 is 10.3 Å². The van der Waals surface area contributed by atoms with E-state index >= 15 is 0 Å². The minimum Gasteiger partial charge on any atom is -0.478 e. The molecule has 0 saturated heterocycles. The maximum absolute atomic E-state index is 11.6. The molecule has 3 aromatic rings. The standard InChI is InChI=1S/C16H11NO4/c18-15-14-5-4-13(8-10(14)6-7-17-15)21-12-3-1-2-11(9-12)16(19)20/h1-9H,(H,17,18)(H,19,20). The van der Waals surface area contributed by atoms with Crippen LogP contribution in [0.2, 0.25) is 0 Å². The van der Waals surface area contributed by atoms with Crippen molar-refractivity contribution in [1.29, 1.82) is 0 Å². The van der Waals surface area contributed by atoms with Crippen molar-refractivity contribution in [2.45, 2.75) is 0 Å². The van der Waals surface area contributed by atoms with Crippen LogP contribution in [0.25, 0.3) is 10.8 Å². The number of benzene rings is 2. The van der Waals surface area contributed by atoms with E-state index in [1.54, 1.807) is 42.6 Å². The summed E-state index contributed by atoms with van der Waals surface area (Å²) in [6.07, 6.45) is 1.57. The van der Waals surface area contributed by atoms with Gasteiger partial charge in [0, 0.05) is 11.6 Å². The van der Waals surface area contributed by atoms with Crippen molar-refractivity contribution in [1.82, 2.24) is 4.98 Å². The van der Waals surface area contributed by atoms with Gasteiger partial charge in [0.1, 0.15) is 11.5 Å². The predicted octanol–water partition coefficient (Wildman–Crippen LogP) is 3.02. The third-order valence-corrected chi connectivity index (χ3v) is 3.06. The summed E-state index contributed by atoms with van der Waals surface area (Å²) in [4.78, 5) is 25.1. The third-order valence-electron chi connectivity index (χ3n) is 3.06. The molecule has 1 aromatic heterocycles. The van der Waals surface area contributed by atoms with Gasteiger partial charge in [-0.1, -0.05) is 6.07 Å². The molecule has 3 rings (SSSR count). The number of carboxylic acids is 1. The third kappa shape index (κ3) is 2.62. The zero-order valence-corrected chi connectivity index (χ0v) is 10.9. The SMILES string of the molecule is O=C(O)c1cccc(Oc2ccc3c(=O)[nH]ccc3c2)c1. The van der Waals surface area contributed by atoms with E-state index in [-0.39, 0.29) is 11.1 Å². The van der Waals surface area contributed by atoms with E-state index in [4.69, 9.17) is 9.84 Å². The van der Waals surface area contributed by atoms with Crippen molar-refractivity contribution in [3.8, 4) is 11.5 Å². The van der Waals surface area contributed by atoms with Gasteiger partial charge in [-0.3, -0.25) is 4.79 Å². The molecule has 2 N–H and O–H groups in total. The minimum atomic E-state index is -1.01. The molecule has 0 saturated carbocycles. The van der Waals surface area contributed by atoms with Gasteiger partial charge in [0.2, 0.25) is 0 Å². The number of ether oxygens (including phenoxy) is 1. The molecule has 2 aromatic carbocycles. The Labute approximate surface area is 119 Å². The highest BCUT2D eigenvalue weighted by atomic mass is 16.5. The summed E-state index contributed by atoms with van der Waals surface area (Å²) in [5, 5.41) is 10.3. The Balaban J connectivity index is 1.96. The highest BCUT2D eigenvalue weighted by Gasteiger charge is 2.05. The summed E-state index contributed by atoms with van der Waals surface area (Å²) in [7, 11) is 0. The Morgan fingerprint density at radius 1 is 1.05 bits per heavy atom. The predicted molar refractivity (Wildman–Crippen MR) is 78.0 cm³/mol. The number of nitrogens with one attached hydrogen (secondary N) is 1. The summed E-state index contributed by atoms with van der Waals surface area (Å²) in [6.45, 7) is 0. The van der Waals surface area contributed by atoms with E-state index in [9.17, 15) is 9.59 Å². The molecule has 0 spiro atoms. The van der Waals surface area contributed by atoms with Crippen LogP contribution in [0.15, 0.2) is 59.5 Å². The molecule has 0 fully saturated rings. The van der Waals surface area contributed by atoms with E-state index in [1.165, 1.54) is 12.1 Å². The Morgan fingerprint density at radius 3 is 2.67 bits per heavy atom. The number of fused-ring (bicyclic) bond motifs is 1. The lowest BCUT2D eigenvalue weighted by Crippen LogP contribution is -2.03. The normalized spacial score (nSPS) is 10.5. The van der Waals surface area contributed by atoms with Crippen molar-refractivity contribution in [3.63, 3.8) is 0 Å². The summed E-state index contributed by atoms with van der Waals surface area (Å²) in [5.41, 5.74) is -0.00309. The zero-order valence-electron chi connectivity index (χ0n) is 10.9. The largest absolute Gasteiger partial charge is 0.478 e. The topological polar surface area (TPSA) is 79.4 Å². The van der Waals surface area contributed by atoms with Gasteiger partial charge >= 0.3 is 5.97 Å². The second-order valence-corrected chi connectivity index (χ2v) is 4.49. The number of hydrogen-bond acceptors (Lipinski definition) is 3. The maximum Gasteiger partial charge on any atom is 0.335 e. The number of aromatic amines is 1. The molecule has 1 heterocycles. The van der Waals surface area contributed by atoms with E-state index in [2.05, 4.69) is 4.98 Å². The molecule has 104 valence electrons. The van der Waals surface area contributed by atoms with Gasteiger partial charge in [0.05, 0.1) is 5.56 Å². The van der Waals surface area contributed by atoms with Crippen molar-refractivity contribution < 1.29 is 14.6 Å². The van der Waals surface area contributed by atoms with Crippen LogP contribution in [-0.2, 0) is 0 Å². The Hall–Kier alpha value is -3.08. The number of H-pyrrole nitrogens is 1. The lowest BCUT2D eigenvalue weighted by molar-refractivity contribution is 0.0696. The van der Waals surface area contributed by atoms with Crippen LogP contribution in [0.1, 0.15) is 10.4 Å². The van der Waals surface area contributed by atoms with Gasteiger partial charge in [-0.05, 0) is 47.9 Å². The number of carbonyl (C=O) groups is 1. The van der Waals surface area contributed by atoms with Gasteiger partial charge in [0.15, 0.2) is 0 Å². The van der Waals surface area contributed by atoms with Crippen molar-refractivity contribution >= 4 is 16.7 Å². The van der Waals surface area contributed by atoms with Crippen molar-refractivity contribution in [3.05, 3.63) is 70.6 Å². The number of pyridine rings is 1. The van der Waals surface area contributed by atoms with Crippen LogP contribution in [-0.4, -0.2) is 16.1 Å². The van der Waals surface area contributed by atoms with E-state index in [0.29, 0.717) is 16.9 Å². The van der Waals surface area contributed by atoms with Crippen molar-refractivity contribution in [2.24, 2.45) is 0 Å². The lowest BCUT2D eigenvalue weighted by atomic mass is 10.1. The summed E-state index contributed by atoms with van der Waals surface area (Å²) in [5.74, 6) is -0.0415. The molecule has 0 bridgehead atoms. The molecule has 0 aliphatic rings. The zero-order chi connectivity index (χ0) is 14.8. The smallest absolute Gasteiger partial charge is 0.335 e. The molecule has 0 aliphatic heterocycles. The molecule has 0 aliphatic carbocycles. The van der Waals surface area contributed by atoms with Crippen LogP contribution in [0, 0.1) is 0 Å². The van der Waals surface area contributed by atoms with Gasteiger partial charge in [-0.15, -0.1) is 0 Å². The first-order chi connectivity index (χ1) is 10.1. The molecule has 0 atom stereocenters. The van der Waals surface area contributed by atoms with Crippen LogP contribution >= 0.6 is 0 Å². The van der Waals surface area contributed by atoms with Crippen molar-refractivity contribution in [2.75, 3.05) is 0 Å². The van der Waals surface area contributed by atoms with E-state index in [0.717, 1.165) is 5.39 Å². The highest BCUT2D eigenvalue weighted by molar-refractivity contribution is 5.88. The van der Waals surface area contributed by atoms with E-state index in [1.807, 2.05) is 0 Å².